The maximum Gasteiger partial charge on any atom is 0.343 e. The molecule has 116 valence electrons. The zero-order valence-electron chi connectivity index (χ0n) is 13.3. The number of ether oxygens (including phenoxy) is 1. The van der Waals surface area contributed by atoms with Crippen molar-refractivity contribution in [2.75, 3.05) is 0 Å². The smallest absolute Gasteiger partial charge is 0.343 e. The molecule has 0 bridgehead atoms. The quantitative estimate of drug-likeness (QED) is 0.484. The van der Waals surface area contributed by atoms with E-state index in [0.29, 0.717) is 11.3 Å². The van der Waals surface area contributed by atoms with Crippen LogP contribution < -0.4 is 0 Å². The molecule has 1 aliphatic rings. The van der Waals surface area contributed by atoms with Gasteiger partial charge in [0.25, 0.3) is 0 Å². The maximum atomic E-state index is 12.2. The van der Waals surface area contributed by atoms with E-state index in [1.807, 2.05) is 67.6 Å². The number of carbonyl (C=O) groups is 1. The monoisotopic (exact) mass is 312 g/mol. The molecule has 4 rings (SSSR count). The molecule has 2 heteroatoms. The SMILES string of the molecule is Cc1ccc(C2=CC(=Cc3cccc4ccccc34)C(=O)O2)cc1. The minimum atomic E-state index is -0.307. The summed E-state index contributed by atoms with van der Waals surface area (Å²) in [6.45, 7) is 2.03. The molecule has 0 radical (unpaired) electrons. The van der Waals surface area contributed by atoms with Crippen LogP contribution in [-0.4, -0.2) is 5.97 Å². The fourth-order valence-corrected chi connectivity index (χ4v) is 2.89. The molecule has 24 heavy (non-hydrogen) atoms. The van der Waals surface area contributed by atoms with E-state index in [4.69, 9.17) is 4.74 Å². The molecule has 0 aromatic heterocycles. The minimum absolute atomic E-state index is 0.307. The first-order valence-corrected chi connectivity index (χ1v) is 7.91. The third kappa shape index (κ3) is 2.63. The zero-order valence-corrected chi connectivity index (χ0v) is 13.3. The number of hydrogen-bond donors (Lipinski definition) is 0. The molecule has 0 spiro atoms. The van der Waals surface area contributed by atoms with Crippen molar-refractivity contribution in [3.05, 3.63) is 95.1 Å². The van der Waals surface area contributed by atoms with Gasteiger partial charge in [0.05, 0.1) is 5.57 Å². The van der Waals surface area contributed by atoms with E-state index in [0.717, 1.165) is 21.9 Å². The lowest BCUT2D eigenvalue weighted by Crippen LogP contribution is -1.97. The van der Waals surface area contributed by atoms with Gasteiger partial charge in [-0.2, -0.15) is 0 Å². The van der Waals surface area contributed by atoms with Gasteiger partial charge in [0.2, 0.25) is 0 Å². The summed E-state index contributed by atoms with van der Waals surface area (Å²) in [6, 6.07) is 22.2. The Bertz CT molecular complexity index is 987. The van der Waals surface area contributed by atoms with Gasteiger partial charge in [-0.05, 0) is 35.4 Å². The summed E-state index contributed by atoms with van der Waals surface area (Å²) in [5.74, 6) is 0.296. The van der Waals surface area contributed by atoms with E-state index in [9.17, 15) is 4.79 Å². The molecule has 0 saturated heterocycles. The molecule has 1 aliphatic heterocycles. The van der Waals surface area contributed by atoms with Crippen LogP contribution >= 0.6 is 0 Å². The van der Waals surface area contributed by atoms with Gasteiger partial charge >= 0.3 is 5.97 Å². The second-order valence-corrected chi connectivity index (χ2v) is 5.93. The molecule has 0 amide bonds. The highest BCUT2D eigenvalue weighted by Crippen LogP contribution is 2.29. The molecule has 1 heterocycles. The Kier molecular flexibility index (Phi) is 3.51. The highest BCUT2D eigenvalue weighted by atomic mass is 16.5. The lowest BCUT2D eigenvalue weighted by atomic mass is 10.0. The Morgan fingerprint density at radius 3 is 2.46 bits per heavy atom. The average Bonchev–Trinajstić information content (AvgIpc) is 2.97. The van der Waals surface area contributed by atoms with Crippen molar-refractivity contribution in [1.82, 2.24) is 0 Å². The number of hydrogen-bond acceptors (Lipinski definition) is 2. The van der Waals surface area contributed by atoms with Crippen LogP contribution in [0.2, 0.25) is 0 Å². The summed E-state index contributed by atoms with van der Waals surface area (Å²) in [4.78, 5) is 12.2. The van der Waals surface area contributed by atoms with E-state index >= 15 is 0 Å². The Hall–Kier alpha value is -3.13. The predicted octanol–water partition coefficient (Wildman–Crippen LogP) is 5.13. The van der Waals surface area contributed by atoms with Crippen molar-refractivity contribution in [2.24, 2.45) is 0 Å². The van der Waals surface area contributed by atoms with Crippen molar-refractivity contribution in [3.8, 4) is 0 Å². The molecule has 2 nitrogen and oxygen atoms in total. The van der Waals surface area contributed by atoms with Gasteiger partial charge in [-0.1, -0.05) is 72.3 Å². The van der Waals surface area contributed by atoms with Crippen molar-refractivity contribution in [2.45, 2.75) is 6.92 Å². The van der Waals surface area contributed by atoms with E-state index in [1.165, 1.54) is 5.56 Å². The molecule has 0 atom stereocenters. The summed E-state index contributed by atoms with van der Waals surface area (Å²) in [7, 11) is 0. The first-order chi connectivity index (χ1) is 11.7. The highest BCUT2D eigenvalue weighted by Gasteiger charge is 2.22. The number of fused-ring (bicyclic) bond motifs is 1. The van der Waals surface area contributed by atoms with Crippen LogP contribution in [0, 0.1) is 6.92 Å². The van der Waals surface area contributed by atoms with E-state index < -0.39 is 0 Å². The van der Waals surface area contributed by atoms with Gasteiger partial charge in [0.15, 0.2) is 0 Å². The third-order valence-electron chi connectivity index (χ3n) is 4.20. The van der Waals surface area contributed by atoms with Crippen LogP contribution in [0.5, 0.6) is 0 Å². The van der Waals surface area contributed by atoms with Crippen LogP contribution in [0.4, 0.5) is 0 Å². The van der Waals surface area contributed by atoms with Crippen LogP contribution in [0.3, 0.4) is 0 Å². The molecule has 0 unspecified atom stereocenters. The second kappa shape index (κ2) is 5.82. The first kappa shape index (κ1) is 14.5. The molecule has 0 N–H and O–H groups in total. The Morgan fingerprint density at radius 2 is 1.62 bits per heavy atom. The van der Waals surface area contributed by atoms with Crippen LogP contribution in [-0.2, 0) is 9.53 Å². The number of rotatable bonds is 2. The lowest BCUT2D eigenvalue weighted by Gasteiger charge is -2.02. The number of esters is 1. The van der Waals surface area contributed by atoms with Crippen LogP contribution in [0.25, 0.3) is 22.6 Å². The summed E-state index contributed by atoms with van der Waals surface area (Å²) >= 11 is 0. The van der Waals surface area contributed by atoms with Gasteiger partial charge in [0, 0.05) is 5.56 Å². The van der Waals surface area contributed by atoms with Gasteiger partial charge in [-0.25, -0.2) is 4.79 Å². The molecule has 0 aliphatic carbocycles. The van der Waals surface area contributed by atoms with Gasteiger partial charge in [-0.15, -0.1) is 0 Å². The van der Waals surface area contributed by atoms with Crippen molar-refractivity contribution < 1.29 is 9.53 Å². The summed E-state index contributed by atoms with van der Waals surface area (Å²) in [5, 5.41) is 2.28. The number of benzene rings is 3. The second-order valence-electron chi connectivity index (χ2n) is 5.93. The summed E-state index contributed by atoms with van der Waals surface area (Å²) < 4.78 is 5.44. The fraction of sp³-hybridized carbons (Fsp3) is 0.0455. The first-order valence-electron chi connectivity index (χ1n) is 7.91. The van der Waals surface area contributed by atoms with E-state index in [2.05, 4.69) is 18.2 Å². The molecular weight excluding hydrogens is 296 g/mol. The average molecular weight is 312 g/mol. The van der Waals surface area contributed by atoms with E-state index in [1.54, 1.807) is 0 Å². The van der Waals surface area contributed by atoms with Crippen molar-refractivity contribution >= 4 is 28.6 Å². The number of aryl methyl sites for hydroxylation is 1. The van der Waals surface area contributed by atoms with Crippen LogP contribution in [0.15, 0.2) is 78.4 Å². The fourth-order valence-electron chi connectivity index (χ4n) is 2.89. The van der Waals surface area contributed by atoms with Crippen LogP contribution in [0.1, 0.15) is 16.7 Å². The molecule has 0 fully saturated rings. The Balaban J connectivity index is 1.76. The molecular formula is C22H16O2. The van der Waals surface area contributed by atoms with E-state index in [-0.39, 0.29) is 5.97 Å². The number of carbonyl (C=O) groups excluding carboxylic acids is 1. The topological polar surface area (TPSA) is 26.3 Å². The largest absolute Gasteiger partial charge is 0.422 e. The van der Waals surface area contributed by atoms with Crippen molar-refractivity contribution in [3.63, 3.8) is 0 Å². The minimum Gasteiger partial charge on any atom is -0.422 e. The molecule has 0 saturated carbocycles. The lowest BCUT2D eigenvalue weighted by molar-refractivity contribution is -0.130. The standard InChI is InChI=1S/C22H16O2/c1-15-9-11-17(12-10-15)21-14-19(22(23)24-21)13-18-7-4-6-16-5-2-3-8-20(16)18/h2-14H,1H3. The Morgan fingerprint density at radius 1 is 0.875 bits per heavy atom. The highest BCUT2D eigenvalue weighted by molar-refractivity contribution is 6.06. The zero-order chi connectivity index (χ0) is 16.5. The predicted molar refractivity (Wildman–Crippen MR) is 97.2 cm³/mol. The Labute approximate surface area is 140 Å². The number of cyclic esters (lactones) is 1. The maximum absolute atomic E-state index is 12.2. The summed E-state index contributed by atoms with van der Waals surface area (Å²) in [6.07, 6.45) is 3.71. The molecule has 3 aromatic carbocycles. The third-order valence-corrected chi connectivity index (χ3v) is 4.20. The molecule has 3 aromatic rings. The summed E-state index contributed by atoms with van der Waals surface area (Å²) in [5.41, 5.74) is 3.67. The van der Waals surface area contributed by atoms with Gasteiger partial charge in [-0.3, -0.25) is 0 Å². The normalized spacial score (nSPS) is 15.6. The van der Waals surface area contributed by atoms with Gasteiger partial charge in [0.1, 0.15) is 5.76 Å². The van der Waals surface area contributed by atoms with Gasteiger partial charge < -0.3 is 4.74 Å². The van der Waals surface area contributed by atoms with Crippen molar-refractivity contribution in [1.29, 1.82) is 0 Å².